The molecule has 0 unspecified atom stereocenters. The number of benzene rings is 2. The van der Waals surface area contributed by atoms with Gasteiger partial charge in [0, 0.05) is 17.5 Å². The summed E-state index contributed by atoms with van der Waals surface area (Å²) in [5, 5.41) is 10.2. The van der Waals surface area contributed by atoms with Crippen LogP contribution in [0.25, 0.3) is 0 Å². The number of hydrazone groups is 1. The maximum absolute atomic E-state index is 14.4. The van der Waals surface area contributed by atoms with E-state index < -0.39 is 5.12 Å². The lowest BCUT2D eigenvalue weighted by molar-refractivity contribution is -0.110. The van der Waals surface area contributed by atoms with Crippen molar-refractivity contribution < 1.29 is 14.3 Å². The maximum Gasteiger partial charge on any atom is 0.274 e. The Hall–Kier alpha value is -3.30. The van der Waals surface area contributed by atoms with E-state index in [2.05, 4.69) is 12.2 Å². The van der Waals surface area contributed by atoms with Crippen LogP contribution in [0.4, 0.5) is 16.4 Å². The van der Waals surface area contributed by atoms with Gasteiger partial charge < -0.3 is 10.1 Å². The number of methoxy groups -OCH3 is 1. The molecule has 3 heterocycles. The van der Waals surface area contributed by atoms with E-state index in [1.54, 1.807) is 28.4 Å². The van der Waals surface area contributed by atoms with Gasteiger partial charge >= 0.3 is 0 Å². The largest absolute Gasteiger partial charge is 0.497 e. The molecule has 2 atom stereocenters. The molecule has 1 N–H and O–H groups in total. The number of hydrogen-bond acceptors (Lipinski definition) is 8. The van der Waals surface area contributed by atoms with Crippen LogP contribution >= 0.6 is 23.1 Å². The number of thiophene rings is 1. The molecular weight excluding hydrogens is 492 g/mol. The molecule has 1 amide bonds. The first-order valence-corrected chi connectivity index (χ1v) is 13.6. The van der Waals surface area contributed by atoms with E-state index in [1.807, 2.05) is 54.6 Å². The van der Waals surface area contributed by atoms with Gasteiger partial charge in [-0.25, -0.2) is 5.01 Å². The number of rotatable bonds is 4. The van der Waals surface area contributed by atoms with Crippen molar-refractivity contribution in [3.8, 4) is 5.75 Å². The maximum atomic E-state index is 14.4. The van der Waals surface area contributed by atoms with Gasteiger partial charge in [-0.1, -0.05) is 25.1 Å². The molecule has 0 saturated carbocycles. The first-order valence-electron chi connectivity index (χ1n) is 12.0. The minimum absolute atomic E-state index is 0.0759. The number of Topliss-reactive ketones (excluding diaryl/α,β-unsaturated/α-hetero) is 1. The first-order chi connectivity index (χ1) is 17.4. The van der Waals surface area contributed by atoms with E-state index in [1.165, 1.54) is 23.6 Å². The third kappa shape index (κ3) is 3.52. The Morgan fingerprint density at radius 2 is 1.89 bits per heavy atom. The second-order valence-electron chi connectivity index (χ2n) is 9.34. The van der Waals surface area contributed by atoms with Crippen LogP contribution < -0.4 is 20.0 Å². The van der Waals surface area contributed by atoms with Gasteiger partial charge in [-0.05, 0) is 78.9 Å². The monoisotopic (exact) mass is 518 g/mol. The highest BCUT2D eigenvalue weighted by atomic mass is 32.2. The lowest BCUT2D eigenvalue weighted by Crippen LogP contribution is -2.65. The predicted molar refractivity (Wildman–Crippen MR) is 146 cm³/mol. The summed E-state index contributed by atoms with van der Waals surface area (Å²) in [6, 6.07) is 17.1. The third-order valence-corrected chi connectivity index (χ3v) is 9.33. The van der Waals surface area contributed by atoms with Gasteiger partial charge in [0.15, 0.2) is 10.8 Å². The molecule has 0 bridgehead atoms. The highest BCUT2D eigenvalue weighted by molar-refractivity contribution is 8.17. The van der Waals surface area contributed by atoms with Gasteiger partial charge in [-0.3, -0.25) is 14.5 Å². The Balaban J connectivity index is 1.56. The molecule has 1 spiro atoms. The summed E-state index contributed by atoms with van der Waals surface area (Å²) in [6.45, 7) is 3.77. The molecule has 0 saturated heterocycles. The number of carbonyl (C=O) groups is 2. The van der Waals surface area contributed by atoms with Crippen molar-refractivity contribution in [3.05, 3.63) is 70.6 Å². The van der Waals surface area contributed by atoms with E-state index in [0.29, 0.717) is 16.7 Å². The normalized spacial score (nSPS) is 22.7. The van der Waals surface area contributed by atoms with Gasteiger partial charge in [-0.15, -0.1) is 11.3 Å². The number of carbonyl (C=O) groups excluding carboxylic acids is 2. The summed E-state index contributed by atoms with van der Waals surface area (Å²) in [5.41, 5.74) is 3.38. The molecule has 3 aliphatic rings. The highest BCUT2D eigenvalue weighted by Crippen LogP contribution is 2.53. The van der Waals surface area contributed by atoms with E-state index in [9.17, 15) is 9.59 Å². The van der Waals surface area contributed by atoms with E-state index in [0.717, 1.165) is 46.8 Å². The summed E-state index contributed by atoms with van der Waals surface area (Å²) in [5.74, 6) is 1.08. The van der Waals surface area contributed by atoms with Gasteiger partial charge in [0.1, 0.15) is 10.8 Å². The number of thioether (sulfide) groups is 1. The Labute approximate surface area is 218 Å². The van der Waals surface area contributed by atoms with E-state index in [4.69, 9.17) is 9.84 Å². The predicted octanol–water partition coefficient (Wildman–Crippen LogP) is 5.72. The van der Waals surface area contributed by atoms with Crippen LogP contribution in [0, 0.1) is 5.92 Å². The molecule has 0 radical (unpaired) electrons. The average Bonchev–Trinajstić information content (AvgIpc) is 3.43. The number of nitrogens with one attached hydrogen (secondary N) is 1. The minimum atomic E-state index is -1.18. The molecule has 3 aromatic rings. The number of amides is 1. The van der Waals surface area contributed by atoms with Crippen molar-refractivity contribution in [3.63, 3.8) is 0 Å². The van der Waals surface area contributed by atoms with Crippen LogP contribution in [0.2, 0.25) is 0 Å². The summed E-state index contributed by atoms with van der Waals surface area (Å²) >= 11 is 2.93. The number of ether oxygens (including phenoxy) is 1. The average molecular weight is 519 g/mol. The van der Waals surface area contributed by atoms with Crippen LogP contribution in [0.3, 0.4) is 0 Å². The standard InChI is InChI=1S/C27H26N4O3S2/c1-16-9-14-21-22(15-16)35-25-23(21)26(33)30(18-7-5-4-6-8-18)27(28-25)31(29-24(36-27)17(2)32)19-10-12-20(34-3)13-11-19/h4-8,10-13,16,28H,9,14-15H2,1-3H3/t16-,27+/m1/s1. The van der Waals surface area contributed by atoms with Crippen LogP contribution in [0.5, 0.6) is 5.75 Å². The van der Waals surface area contributed by atoms with Crippen LogP contribution in [-0.2, 0) is 17.6 Å². The van der Waals surface area contributed by atoms with Gasteiger partial charge in [0.25, 0.3) is 11.0 Å². The molecule has 1 aromatic heterocycles. The number of nitrogens with zero attached hydrogens (tertiary/aromatic N) is 3. The zero-order valence-electron chi connectivity index (χ0n) is 20.3. The number of hydrogen-bond donors (Lipinski definition) is 1. The molecule has 7 nitrogen and oxygen atoms in total. The molecule has 0 fully saturated rings. The van der Waals surface area contributed by atoms with Crippen molar-refractivity contribution in [1.29, 1.82) is 0 Å². The number of fused-ring (bicyclic) bond motifs is 3. The van der Waals surface area contributed by atoms with E-state index in [-0.39, 0.29) is 11.7 Å². The van der Waals surface area contributed by atoms with Crippen molar-refractivity contribution >= 4 is 56.2 Å². The fraction of sp³-hybridized carbons (Fsp3) is 0.296. The first kappa shape index (κ1) is 23.1. The van der Waals surface area contributed by atoms with Crippen molar-refractivity contribution in [2.45, 2.75) is 38.2 Å². The minimum Gasteiger partial charge on any atom is -0.497 e. The molecule has 6 rings (SSSR count). The summed E-state index contributed by atoms with van der Waals surface area (Å²) in [4.78, 5) is 30.1. The Morgan fingerprint density at radius 3 is 2.58 bits per heavy atom. The fourth-order valence-corrected chi connectivity index (χ4v) is 7.78. The molecule has 9 heteroatoms. The lowest BCUT2D eigenvalue weighted by Gasteiger charge is -2.47. The van der Waals surface area contributed by atoms with E-state index >= 15 is 0 Å². The Bertz CT molecular complexity index is 1390. The third-order valence-electron chi connectivity index (χ3n) is 6.86. The summed E-state index contributed by atoms with van der Waals surface area (Å²) in [6.07, 6.45) is 2.95. The molecule has 184 valence electrons. The van der Waals surface area contributed by atoms with Crippen LogP contribution in [-0.4, -0.2) is 29.0 Å². The zero-order valence-corrected chi connectivity index (χ0v) is 21.9. The lowest BCUT2D eigenvalue weighted by atomic mass is 9.88. The summed E-state index contributed by atoms with van der Waals surface area (Å²) < 4.78 is 5.35. The molecule has 36 heavy (non-hydrogen) atoms. The molecule has 2 aliphatic heterocycles. The van der Waals surface area contributed by atoms with Gasteiger partial charge in [0.05, 0.1) is 18.4 Å². The van der Waals surface area contributed by atoms with Crippen LogP contribution in [0.1, 0.15) is 41.1 Å². The molecule has 2 aromatic carbocycles. The molecule has 1 aliphatic carbocycles. The van der Waals surface area contributed by atoms with Gasteiger partial charge in [0.2, 0.25) is 0 Å². The fourth-order valence-electron chi connectivity index (χ4n) is 5.06. The highest BCUT2D eigenvalue weighted by Gasteiger charge is 2.57. The van der Waals surface area contributed by atoms with Crippen LogP contribution in [0.15, 0.2) is 59.7 Å². The topological polar surface area (TPSA) is 74.2 Å². The van der Waals surface area contributed by atoms with Gasteiger partial charge in [-0.2, -0.15) is 5.10 Å². The number of para-hydroxylation sites is 1. The quantitative estimate of drug-likeness (QED) is 0.476. The zero-order chi connectivity index (χ0) is 25.0. The number of ketones is 1. The second kappa shape index (κ2) is 8.67. The van der Waals surface area contributed by atoms with Crippen molar-refractivity contribution in [1.82, 2.24) is 0 Å². The smallest absolute Gasteiger partial charge is 0.274 e. The van der Waals surface area contributed by atoms with Crippen molar-refractivity contribution in [2.24, 2.45) is 11.0 Å². The van der Waals surface area contributed by atoms with Crippen molar-refractivity contribution in [2.75, 3.05) is 22.3 Å². The SMILES string of the molecule is COc1ccc(N2N=C(C(C)=O)S[C@]23Nc2sc4c(c2C(=O)N3c2ccccc2)CC[C@@H](C)C4)cc1. The number of anilines is 3. The Kier molecular flexibility index (Phi) is 5.57. The Morgan fingerprint density at radius 1 is 1.14 bits per heavy atom. The molecular formula is C27H26N4O3S2. The second-order valence-corrected chi connectivity index (χ2v) is 11.6. The summed E-state index contributed by atoms with van der Waals surface area (Å²) in [7, 11) is 1.62.